The molecule has 1 saturated heterocycles. The molecule has 0 spiro atoms. The second-order valence-corrected chi connectivity index (χ2v) is 10.3. The molecule has 2 bridgehead atoms. The molecule has 2 amide bonds. The maximum Gasteiger partial charge on any atom is 0.345 e. The highest BCUT2D eigenvalue weighted by Gasteiger charge is 2.52. The van der Waals surface area contributed by atoms with Crippen molar-refractivity contribution in [2.75, 3.05) is 19.7 Å². The van der Waals surface area contributed by atoms with Crippen molar-refractivity contribution < 1.29 is 32.2 Å². The van der Waals surface area contributed by atoms with Gasteiger partial charge >= 0.3 is 6.61 Å². The lowest BCUT2D eigenvalue weighted by Gasteiger charge is -2.52. The van der Waals surface area contributed by atoms with Crippen molar-refractivity contribution in [1.29, 1.82) is 0 Å². The Morgan fingerprint density at radius 2 is 1.86 bits per heavy atom. The average molecular weight is 518 g/mol. The summed E-state index contributed by atoms with van der Waals surface area (Å²) in [6.45, 7) is -2.21. The number of fused-ring (bicyclic) bond motifs is 3. The highest BCUT2D eigenvalue weighted by Crippen LogP contribution is 2.52. The van der Waals surface area contributed by atoms with Gasteiger partial charge in [0.1, 0.15) is 11.6 Å². The summed E-state index contributed by atoms with van der Waals surface area (Å²) in [6, 6.07) is 4.05. The molecule has 1 aromatic rings. The summed E-state index contributed by atoms with van der Waals surface area (Å²) >= 11 is 5.66. The Labute approximate surface area is 207 Å². The number of hydrogen-bond donors (Lipinski definition) is 3. The number of piperidine rings is 1. The maximum atomic E-state index is 13.5. The molecule has 5 rings (SSSR count). The largest absolute Gasteiger partial charge is 0.484 e. The van der Waals surface area contributed by atoms with E-state index in [4.69, 9.17) is 16.3 Å². The molecule has 35 heavy (non-hydrogen) atoms. The summed E-state index contributed by atoms with van der Waals surface area (Å²) in [4.78, 5) is 25.6. The third kappa shape index (κ3) is 6.40. The first-order valence-corrected chi connectivity index (χ1v) is 12.4. The van der Waals surface area contributed by atoms with Gasteiger partial charge in [0, 0.05) is 36.2 Å². The Morgan fingerprint density at radius 3 is 2.46 bits per heavy atom. The van der Waals surface area contributed by atoms with Gasteiger partial charge in [-0.15, -0.1) is 0 Å². The lowest BCUT2D eigenvalue weighted by atomic mass is 9.57. The number of hydrogen-bond acceptors (Lipinski definition) is 5. The van der Waals surface area contributed by atoms with E-state index in [1.807, 2.05) is 0 Å². The zero-order valence-corrected chi connectivity index (χ0v) is 20.1. The summed E-state index contributed by atoms with van der Waals surface area (Å²) in [7, 11) is 0. The monoisotopic (exact) mass is 517 g/mol. The molecule has 3 saturated carbocycles. The number of carbonyl (C=O) groups is 2. The predicted molar refractivity (Wildman–Crippen MR) is 123 cm³/mol. The van der Waals surface area contributed by atoms with Crippen LogP contribution < -0.4 is 20.7 Å². The van der Waals surface area contributed by atoms with Crippen molar-refractivity contribution in [3.8, 4) is 5.75 Å². The first-order valence-electron chi connectivity index (χ1n) is 12.0. The fourth-order valence-corrected chi connectivity index (χ4v) is 5.61. The van der Waals surface area contributed by atoms with Gasteiger partial charge in [-0.3, -0.25) is 9.59 Å². The number of halogens is 4. The number of carbonyl (C=O) groups excluding carboxylic acids is 2. The van der Waals surface area contributed by atoms with Crippen LogP contribution in [0.5, 0.6) is 5.75 Å². The Kier molecular flexibility index (Phi) is 8.12. The minimum Gasteiger partial charge on any atom is -0.484 e. The van der Waals surface area contributed by atoms with Gasteiger partial charge in [-0.2, -0.15) is 8.78 Å². The molecule has 194 valence electrons. The first kappa shape index (κ1) is 26.0. The maximum absolute atomic E-state index is 13.5. The topological polar surface area (TPSA) is 88.7 Å². The second kappa shape index (κ2) is 10.9. The van der Waals surface area contributed by atoms with Gasteiger partial charge in [0.2, 0.25) is 5.91 Å². The summed E-state index contributed by atoms with van der Waals surface area (Å²) in [5, 5.41) is 9.30. The fraction of sp³-hybridized carbons (Fsp3) is 0.667. The molecule has 3 aliphatic carbocycles. The van der Waals surface area contributed by atoms with Crippen LogP contribution in [-0.4, -0.2) is 55.8 Å². The summed E-state index contributed by atoms with van der Waals surface area (Å²) in [5.74, 6) is -0.636. The van der Waals surface area contributed by atoms with Crippen LogP contribution in [0.1, 0.15) is 51.4 Å². The summed E-state index contributed by atoms with van der Waals surface area (Å²) < 4.78 is 48.2. The van der Waals surface area contributed by atoms with E-state index in [1.54, 1.807) is 0 Å². The van der Waals surface area contributed by atoms with Crippen LogP contribution in [0.15, 0.2) is 18.2 Å². The van der Waals surface area contributed by atoms with E-state index < -0.39 is 23.9 Å². The quantitative estimate of drug-likeness (QED) is 0.466. The molecular weight excluding hydrogens is 487 g/mol. The minimum absolute atomic E-state index is 0.0132. The molecule has 11 heteroatoms. The van der Waals surface area contributed by atoms with E-state index in [-0.39, 0.29) is 40.8 Å². The molecule has 1 aliphatic heterocycles. The first-order chi connectivity index (χ1) is 16.7. The molecule has 4 fully saturated rings. The summed E-state index contributed by atoms with van der Waals surface area (Å²) in [5.41, 5.74) is -0.780. The Balaban J connectivity index is 1.20. The fourth-order valence-electron chi connectivity index (χ4n) is 5.49. The predicted octanol–water partition coefficient (Wildman–Crippen LogP) is 3.54. The van der Waals surface area contributed by atoms with Crippen LogP contribution in [0, 0.1) is 11.2 Å². The lowest BCUT2D eigenvalue weighted by molar-refractivity contribution is -0.167. The molecule has 3 N–H and O–H groups in total. The van der Waals surface area contributed by atoms with E-state index >= 15 is 0 Å². The molecule has 1 aromatic carbocycles. The van der Waals surface area contributed by atoms with E-state index in [9.17, 15) is 22.8 Å². The van der Waals surface area contributed by atoms with Gasteiger partial charge in [0.05, 0.1) is 11.1 Å². The molecule has 0 radical (unpaired) electrons. The van der Waals surface area contributed by atoms with E-state index in [1.165, 1.54) is 12.1 Å². The van der Waals surface area contributed by atoms with Gasteiger partial charge < -0.3 is 25.4 Å². The van der Waals surface area contributed by atoms with Crippen molar-refractivity contribution in [2.24, 2.45) is 5.41 Å². The lowest BCUT2D eigenvalue weighted by Crippen LogP contribution is -2.61. The Hall–Kier alpha value is -2.04. The number of ether oxygens (including phenoxy) is 2. The van der Waals surface area contributed by atoms with Crippen molar-refractivity contribution in [3.63, 3.8) is 0 Å². The van der Waals surface area contributed by atoms with Crippen LogP contribution in [-0.2, 0) is 14.3 Å². The van der Waals surface area contributed by atoms with Crippen LogP contribution in [0.4, 0.5) is 13.2 Å². The van der Waals surface area contributed by atoms with E-state index in [2.05, 4.69) is 20.7 Å². The van der Waals surface area contributed by atoms with Gasteiger partial charge in [0.25, 0.3) is 5.91 Å². The van der Waals surface area contributed by atoms with E-state index in [0.717, 1.165) is 6.07 Å². The molecule has 4 aliphatic rings. The summed E-state index contributed by atoms with van der Waals surface area (Å²) in [6.07, 6.45) is 4.85. The third-order valence-corrected chi connectivity index (χ3v) is 7.98. The SMILES string of the molecule is O=C(COc1ccc(Cl)c(F)c1)NC12CCC(C(=O)NCC3CCC(OC(F)F)CN3)(CC1)CC2. The third-order valence-electron chi connectivity index (χ3n) is 7.67. The smallest absolute Gasteiger partial charge is 0.345 e. The van der Waals surface area contributed by atoms with E-state index in [0.29, 0.717) is 64.5 Å². The molecule has 1 heterocycles. The zero-order chi connectivity index (χ0) is 25.1. The Morgan fingerprint density at radius 1 is 1.14 bits per heavy atom. The molecular formula is C24H31ClF3N3O4. The van der Waals surface area contributed by atoms with Crippen molar-refractivity contribution in [2.45, 2.75) is 75.7 Å². The normalized spacial score (nSPS) is 30.2. The van der Waals surface area contributed by atoms with Crippen molar-refractivity contribution in [1.82, 2.24) is 16.0 Å². The minimum atomic E-state index is -2.77. The number of alkyl halides is 2. The van der Waals surface area contributed by atoms with Crippen LogP contribution in [0.25, 0.3) is 0 Å². The number of rotatable bonds is 9. The van der Waals surface area contributed by atoms with Crippen molar-refractivity contribution in [3.05, 3.63) is 29.0 Å². The number of benzene rings is 1. The van der Waals surface area contributed by atoms with Crippen LogP contribution >= 0.6 is 11.6 Å². The van der Waals surface area contributed by atoms with Crippen LogP contribution in [0.2, 0.25) is 5.02 Å². The molecule has 2 atom stereocenters. The van der Waals surface area contributed by atoms with Gasteiger partial charge in [-0.05, 0) is 63.5 Å². The second-order valence-electron chi connectivity index (χ2n) is 9.88. The highest BCUT2D eigenvalue weighted by atomic mass is 35.5. The molecule has 0 aromatic heterocycles. The average Bonchev–Trinajstić information content (AvgIpc) is 2.85. The standard InChI is InChI=1S/C24H31ClF3N3O4/c25-18-4-3-16(11-19(18)26)34-14-20(32)31-24-8-5-23(6-9-24,7-10-24)21(33)30-12-15-1-2-17(13-29-15)35-22(27)28/h3-4,11,15,17,22,29H,1-2,5-10,12-14H2,(H,30,33)(H,31,32). The molecule has 2 unspecified atom stereocenters. The van der Waals surface area contributed by atoms with Gasteiger partial charge in [0.15, 0.2) is 6.61 Å². The zero-order valence-electron chi connectivity index (χ0n) is 19.4. The number of nitrogens with one attached hydrogen (secondary N) is 3. The highest BCUT2D eigenvalue weighted by molar-refractivity contribution is 6.30. The van der Waals surface area contributed by atoms with Crippen LogP contribution in [0.3, 0.4) is 0 Å². The Bertz CT molecular complexity index is 903. The number of amides is 2. The van der Waals surface area contributed by atoms with Crippen molar-refractivity contribution >= 4 is 23.4 Å². The molecule has 7 nitrogen and oxygen atoms in total. The van der Waals surface area contributed by atoms with Gasteiger partial charge in [-0.1, -0.05) is 11.6 Å². The van der Waals surface area contributed by atoms with Gasteiger partial charge in [-0.25, -0.2) is 4.39 Å².